The molecule has 0 aromatic carbocycles. The van der Waals surface area contributed by atoms with E-state index < -0.39 is 35.9 Å². The number of hydrogen-bond acceptors (Lipinski definition) is 4. The second-order valence-corrected chi connectivity index (χ2v) is 3.81. The largest absolute Gasteiger partial charge is 0.481 e. The molecule has 0 saturated carbocycles. The van der Waals surface area contributed by atoms with Crippen LogP contribution in [-0.4, -0.2) is 56.8 Å². The predicted molar refractivity (Wildman–Crippen MR) is 50.6 cm³/mol. The second kappa shape index (κ2) is 4.48. The fourth-order valence-electron chi connectivity index (χ4n) is 1.77. The first-order valence-corrected chi connectivity index (χ1v) is 4.77. The smallest absolute Gasteiger partial charge is 0.329 e. The number of likely N-dealkylation sites (tertiary alicyclic amines) is 1. The Labute approximate surface area is 91.3 Å². The minimum absolute atomic E-state index is 0.171. The molecule has 0 bridgehead atoms. The van der Waals surface area contributed by atoms with Gasteiger partial charge < -0.3 is 20.2 Å². The summed E-state index contributed by atoms with van der Waals surface area (Å²) in [5, 5.41) is 26.8. The normalized spacial score (nSPS) is 24.2. The maximum atomic E-state index is 11.4. The monoisotopic (exact) mass is 231 g/mol. The minimum Gasteiger partial charge on any atom is -0.481 e. The van der Waals surface area contributed by atoms with E-state index in [-0.39, 0.29) is 13.0 Å². The van der Waals surface area contributed by atoms with Gasteiger partial charge in [-0.1, -0.05) is 0 Å². The Morgan fingerprint density at radius 2 is 2.00 bits per heavy atom. The van der Waals surface area contributed by atoms with Gasteiger partial charge in [0.25, 0.3) is 0 Å². The van der Waals surface area contributed by atoms with E-state index in [0.29, 0.717) is 0 Å². The fraction of sp³-hybridized carbons (Fsp3) is 0.667. The number of amides is 1. The third-order valence-corrected chi connectivity index (χ3v) is 2.55. The van der Waals surface area contributed by atoms with Crippen molar-refractivity contribution in [2.75, 3.05) is 6.54 Å². The average molecular weight is 231 g/mol. The van der Waals surface area contributed by atoms with Crippen molar-refractivity contribution in [2.45, 2.75) is 25.5 Å². The van der Waals surface area contributed by atoms with Gasteiger partial charge in [-0.25, -0.2) is 4.79 Å². The average Bonchev–Trinajstić information content (AvgIpc) is 2.47. The molecule has 90 valence electrons. The van der Waals surface area contributed by atoms with E-state index in [1.807, 2.05) is 0 Å². The number of carbonyl (C=O) groups is 3. The van der Waals surface area contributed by atoms with Crippen molar-refractivity contribution in [3.05, 3.63) is 0 Å². The van der Waals surface area contributed by atoms with Crippen LogP contribution >= 0.6 is 0 Å². The molecule has 1 amide bonds. The Hall–Kier alpha value is -1.63. The summed E-state index contributed by atoms with van der Waals surface area (Å²) in [6.07, 6.45) is -1.46. The Bertz CT molecular complexity index is 326. The lowest BCUT2D eigenvalue weighted by Crippen LogP contribution is -2.48. The van der Waals surface area contributed by atoms with E-state index in [2.05, 4.69) is 0 Å². The number of carboxylic acid groups (broad SMARTS) is 2. The van der Waals surface area contributed by atoms with E-state index in [4.69, 9.17) is 10.2 Å². The van der Waals surface area contributed by atoms with E-state index >= 15 is 0 Å². The first-order valence-electron chi connectivity index (χ1n) is 4.77. The lowest BCUT2D eigenvalue weighted by atomic mass is 10.1. The Morgan fingerprint density at radius 1 is 1.44 bits per heavy atom. The van der Waals surface area contributed by atoms with E-state index in [9.17, 15) is 19.5 Å². The highest BCUT2D eigenvalue weighted by Gasteiger charge is 2.42. The number of hydrogen-bond donors (Lipinski definition) is 3. The van der Waals surface area contributed by atoms with Crippen molar-refractivity contribution < 1.29 is 29.7 Å². The third kappa shape index (κ3) is 2.30. The van der Waals surface area contributed by atoms with E-state index in [1.54, 1.807) is 0 Å². The molecule has 3 N–H and O–H groups in total. The van der Waals surface area contributed by atoms with Crippen LogP contribution in [0.15, 0.2) is 0 Å². The summed E-state index contributed by atoms with van der Waals surface area (Å²) in [6, 6.07) is -1.38. The van der Waals surface area contributed by atoms with Crippen LogP contribution in [0.2, 0.25) is 0 Å². The number of rotatable bonds is 4. The quantitative estimate of drug-likeness (QED) is 0.557. The molecule has 0 aromatic rings. The molecule has 1 aliphatic rings. The molecule has 7 nitrogen and oxygen atoms in total. The summed E-state index contributed by atoms with van der Waals surface area (Å²) in [6.45, 7) is 1.08. The Balaban J connectivity index is 2.84. The number of aliphatic carboxylic acids is 2. The molecule has 1 fully saturated rings. The van der Waals surface area contributed by atoms with Crippen LogP contribution in [0, 0.1) is 5.92 Å². The highest BCUT2D eigenvalue weighted by atomic mass is 16.4. The zero-order valence-corrected chi connectivity index (χ0v) is 8.66. The van der Waals surface area contributed by atoms with Crippen LogP contribution < -0.4 is 0 Å². The van der Waals surface area contributed by atoms with Gasteiger partial charge in [-0.3, -0.25) is 9.59 Å². The molecule has 0 spiro atoms. The topological polar surface area (TPSA) is 115 Å². The summed E-state index contributed by atoms with van der Waals surface area (Å²) < 4.78 is 0. The first-order chi connectivity index (χ1) is 7.34. The number of aliphatic hydroxyl groups is 1. The molecule has 7 heteroatoms. The van der Waals surface area contributed by atoms with Crippen molar-refractivity contribution in [1.29, 1.82) is 0 Å². The van der Waals surface area contributed by atoms with Crippen molar-refractivity contribution in [2.24, 2.45) is 5.92 Å². The van der Waals surface area contributed by atoms with Crippen molar-refractivity contribution in [3.8, 4) is 0 Å². The molecule has 1 aliphatic heterocycles. The molecule has 1 heterocycles. The predicted octanol–water partition coefficient (Wildman–Crippen LogP) is -1.25. The van der Waals surface area contributed by atoms with Gasteiger partial charge >= 0.3 is 11.9 Å². The van der Waals surface area contributed by atoms with Crippen LogP contribution in [0.1, 0.15) is 13.3 Å². The zero-order valence-electron chi connectivity index (χ0n) is 8.66. The zero-order chi connectivity index (χ0) is 12.5. The number of carboxylic acids is 2. The SMILES string of the molecule is C[C@H](O)[C@@H](C(=O)O)N1CC(C(=O)O)CC1=O. The molecule has 1 rings (SSSR count). The van der Waals surface area contributed by atoms with Crippen LogP contribution in [0.3, 0.4) is 0 Å². The number of aliphatic hydroxyl groups excluding tert-OH is 1. The van der Waals surface area contributed by atoms with Gasteiger partial charge in [0, 0.05) is 13.0 Å². The van der Waals surface area contributed by atoms with Gasteiger partial charge in [-0.2, -0.15) is 0 Å². The lowest BCUT2D eigenvalue weighted by Gasteiger charge is -2.26. The Morgan fingerprint density at radius 3 is 2.31 bits per heavy atom. The number of carbonyl (C=O) groups excluding carboxylic acids is 1. The molecular weight excluding hydrogens is 218 g/mol. The van der Waals surface area contributed by atoms with Gasteiger partial charge in [0.15, 0.2) is 6.04 Å². The van der Waals surface area contributed by atoms with Crippen molar-refractivity contribution >= 4 is 17.8 Å². The third-order valence-electron chi connectivity index (χ3n) is 2.55. The molecule has 0 radical (unpaired) electrons. The minimum atomic E-state index is -1.38. The van der Waals surface area contributed by atoms with Gasteiger partial charge in [-0.15, -0.1) is 0 Å². The van der Waals surface area contributed by atoms with Gasteiger partial charge in [0.05, 0.1) is 12.0 Å². The molecule has 1 saturated heterocycles. The highest BCUT2D eigenvalue weighted by molar-refractivity contribution is 5.89. The second-order valence-electron chi connectivity index (χ2n) is 3.81. The number of nitrogens with zero attached hydrogens (tertiary/aromatic N) is 1. The summed E-state index contributed by atoms with van der Waals surface area (Å²) in [4.78, 5) is 33.9. The van der Waals surface area contributed by atoms with E-state index in [1.165, 1.54) is 6.92 Å². The van der Waals surface area contributed by atoms with Crippen LogP contribution in [0.5, 0.6) is 0 Å². The maximum Gasteiger partial charge on any atom is 0.329 e. The van der Waals surface area contributed by atoms with E-state index in [0.717, 1.165) is 4.90 Å². The summed E-state index contributed by atoms with van der Waals surface area (Å²) in [7, 11) is 0. The molecular formula is C9H13NO6. The van der Waals surface area contributed by atoms with Crippen LogP contribution in [0.25, 0.3) is 0 Å². The maximum absolute atomic E-state index is 11.4. The molecule has 0 aromatic heterocycles. The van der Waals surface area contributed by atoms with Gasteiger partial charge in [0.1, 0.15) is 0 Å². The Kier molecular flexibility index (Phi) is 3.48. The molecule has 16 heavy (non-hydrogen) atoms. The lowest BCUT2D eigenvalue weighted by molar-refractivity contribution is -0.153. The highest BCUT2D eigenvalue weighted by Crippen LogP contribution is 2.21. The standard InChI is InChI=1S/C9H13NO6/c1-4(11)7(9(15)16)10-3-5(8(13)14)2-6(10)12/h4-5,7,11H,2-3H2,1H3,(H,13,14)(H,15,16)/t4-,5?,7-/m0/s1. The fourth-order valence-corrected chi connectivity index (χ4v) is 1.77. The van der Waals surface area contributed by atoms with Gasteiger partial charge in [0.2, 0.25) is 5.91 Å². The summed E-state index contributed by atoms with van der Waals surface area (Å²) in [5.74, 6) is -3.92. The van der Waals surface area contributed by atoms with Crippen molar-refractivity contribution in [3.63, 3.8) is 0 Å². The molecule has 0 aliphatic carbocycles. The first kappa shape index (κ1) is 12.4. The van der Waals surface area contributed by atoms with Crippen LogP contribution in [-0.2, 0) is 14.4 Å². The van der Waals surface area contributed by atoms with Crippen molar-refractivity contribution in [1.82, 2.24) is 4.90 Å². The van der Waals surface area contributed by atoms with Crippen LogP contribution in [0.4, 0.5) is 0 Å². The summed E-state index contributed by atoms with van der Waals surface area (Å²) >= 11 is 0. The summed E-state index contributed by atoms with van der Waals surface area (Å²) in [5.41, 5.74) is 0. The molecule has 1 unspecified atom stereocenters. The van der Waals surface area contributed by atoms with Gasteiger partial charge in [-0.05, 0) is 6.92 Å². The molecule has 3 atom stereocenters.